The molecule has 0 unspecified atom stereocenters. The van der Waals surface area contributed by atoms with E-state index in [1.807, 2.05) is 18.2 Å². The monoisotopic (exact) mass is 263 g/mol. The average Bonchev–Trinajstić information content (AvgIpc) is 2.38. The van der Waals surface area contributed by atoms with E-state index < -0.39 is 0 Å². The van der Waals surface area contributed by atoms with Gasteiger partial charge in [0.2, 0.25) is 0 Å². The molecule has 1 fully saturated rings. The fourth-order valence-corrected chi connectivity index (χ4v) is 2.60. The largest absolute Gasteiger partial charge is 0.493 e. The first kappa shape index (κ1) is 13.3. The molecule has 18 heavy (non-hydrogen) atoms. The second-order valence-electron chi connectivity index (χ2n) is 5.16. The predicted molar refractivity (Wildman–Crippen MR) is 79.1 cm³/mol. The van der Waals surface area contributed by atoms with Crippen LogP contribution < -0.4 is 10.5 Å². The number of thiocarbonyl (C=S) groups is 1. The van der Waals surface area contributed by atoms with Crippen molar-refractivity contribution in [2.24, 2.45) is 11.7 Å². The Balaban J connectivity index is 1.99. The summed E-state index contributed by atoms with van der Waals surface area (Å²) in [6, 6.07) is 5.93. The number of benzene rings is 1. The normalized spacial score (nSPS) is 16.5. The van der Waals surface area contributed by atoms with E-state index in [-0.39, 0.29) is 0 Å². The van der Waals surface area contributed by atoms with Crippen molar-refractivity contribution in [3.05, 3.63) is 29.3 Å². The van der Waals surface area contributed by atoms with Crippen molar-refractivity contribution in [2.75, 3.05) is 6.61 Å². The lowest BCUT2D eigenvalue weighted by Crippen LogP contribution is -2.16. The van der Waals surface area contributed by atoms with Crippen LogP contribution in [0.2, 0.25) is 0 Å². The highest BCUT2D eigenvalue weighted by Gasteiger charge is 2.14. The quantitative estimate of drug-likeness (QED) is 0.843. The van der Waals surface area contributed by atoms with Crippen LogP contribution >= 0.6 is 12.2 Å². The molecule has 98 valence electrons. The van der Waals surface area contributed by atoms with Gasteiger partial charge in [-0.2, -0.15) is 0 Å². The maximum Gasteiger partial charge on any atom is 0.122 e. The van der Waals surface area contributed by atoms with Gasteiger partial charge in [0.1, 0.15) is 10.7 Å². The lowest BCUT2D eigenvalue weighted by molar-refractivity contribution is 0.208. The van der Waals surface area contributed by atoms with Crippen LogP contribution in [0.25, 0.3) is 0 Å². The highest BCUT2D eigenvalue weighted by Crippen LogP contribution is 2.26. The summed E-state index contributed by atoms with van der Waals surface area (Å²) in [5.41, 5.74) is 7.68. The molecule has 1 aliphatic rings. The molecule has 2 rings (SSSR count). The van der Waals surface area contributed by atoms with Gasteiger partial charge < -0.3 is 10.5 Å². The van der Waals surface area contributed by atoms with Gasteiger partial charge in [-0.25, -0.2) is 0 Å². The van der Waals surface area contributed by atoms with E-state index in [1.165, 1.54) is 32.1 Å². The molecule has 2 N–H and O–H groups in total. The minimum Gasteiger partial charge on any atom is -0.493 e. The van der Waals surface area contributed by atoms with Crippen molar-refractivity contribution < 1.29 is 4.74 Å². The first-order chi connectivity index (χ1) is 8.66. The molecule has 1 aromatic rings. The third-order valence-electron chi connectivity index (χ3n) is 3.67. The second-order valence-corrected chi connectivity index (χ2v) is 5.60. The molecule has 1 saturated carbocycles. The minimum absolute atomic E-state index is 0.428. The van der Waals surface area contributed by atoms with E-state index in [0.29, 0.717) is 10.9 Å². The standard InChI is InChI=1S/C15H21NOS/c1-11-7-8-13(15(16)18)9-14(11)17-10-12-5-3-2-4-6-12/h7-9,12H,2-6,10H2,1H3,(H2,16,18). The van der Waals surface area contributed by atoms with Crippen LogP contribution in [0.15, 0.2) is 18.2 Å². The Hall–Kier alpha value is -1.09. The van der Waals surface area contributed by atoms with E-state index in [9.17, 15) is 0 Å². The smallest absolute Gasteiger partial charge is 0.122 e. The van der Waals surface area contributed by atoms with E-state index in [4.69, 9.17) is 22.7 Å². The van der Waals surface area contributed by atoms with Crippen molar-refractivity contribution in [2.45, 2.75) is 39.0 Å². The second kappa shape index (κ2) is 6.19. The first-order valence-electron chi connectivity index (χ1n) is 6.70. The molecule has 0 aliphatic heterocycles. The Morgan fingerprint density at radius 3 is 2.72 bits per heavy atom. The topological polar surface area (TPSA) is 35.2 Å². The van der Waals surface area contributed by atoms with Gasteiger partial charge in [-0.3, -0.25) is 0 Å². The molecule has 0 amide bonds. The Morgan fingerprint density at radius 2 is 2.06 bits per heavy atom. The Kier molecular flexibility index (Phi) is 4.59. The molecule has 0 heterocycles. The number of hydrogen-bond acceptors (Lipinski definition) is 2. The van der Waals surface area contributed by atoms with Gasteiger partial charge in [-0.05, 0) is 37.3 Å². The van der Waals surface area contributed by atoms with Gasteiger partial charge in [-0.15, -0.1) is 0 Å². The van der Waals surface area contributed by atoms with Crippen molar-refractivity contribution in [3.8, 4) is 5.75 Å². The minimum atomic E-state index is 0.428. The molecule has 0 radical (unpaired) electrons. The lowest BCUT2D eigenvalue weighted by Gasteiger charge is -2.22. The molecule has 1 aliphatic carbocycles. The summed E-state index contributed by atoms with van der Waals surface area (Å²) in [5.74, 6) is 1.64. The molecule has 0 bridgehead atoms. The molecule has 2 nitrogen and oxygen atoms in total. The van der Waals surface area contributed by atoms with E-state index in [0.717, 1.165) is 23.5 Å². The van der Waals surface area contributed by atoms with E-state index >= 15 is 0 Å². The van der Waals surface area contributed by atoms with Gasteiger partial charge in [0.05, 0.1) is 6.61 Å². The number of ether oxygens (including phenoxy) is 1. The van der Waals surface area contributed by atoms with Crippen molar-refractivity contribution in [1.82, 2.24) is 0 Å². The molecule has 0 aromatic heterocycles. The fourth-order valence-electron chi connectivity index (χ4n) is 2.47. The van der Waals surface area contributed by atoms with Crippen LogP contribution in [-0.2, 0) is 0 Å². The van der Waals surface area contributed by atoms with Crippen LogP contribution in [0, 0.1) is 12.8 Å². The fraction of sp³-hybridized carbons (Fsp3) is 0.533. The number of aryl methyl sites for hydroxylation is 1. The molecule has 0 saturated heterocycles. The van der Waals surface area contributed by atoms with Crippen LogP contribution in [-0.4, -0.2) is 11.6 Å². The summed E-state index contributed by atoms with van der Waals surface area (Å²) in [7, 11) is 0. The Bertz CT molecular complexity index is 425. The number of hydrogen-bond donors (Lipinski definition) is 1. The zero-order valence-electron chi connectivity index (χ0n) is 10.9. The van der Waals surface area contributed by atoms with Gasteiger partial charge in [-0.1, -0.05) is 43.6 Å². The summed E-state index contributed by atoms with van der Waals surface area (Å²) in [4.78, 5) is 0.428. The van der Waals surface area contributed by atoms with Crippen molar-refractivity contribution in [3.63, 3.8) is 0 Å². The zero-order chi connectivity index (χ0) is 13.0. The van der Waals surface area contributed by atoms with Crippen LogP contribution in [0.1, 0.15) is 43.2 Å². The third kappa shape index (κ3) is 3.45. The molecule has 1 aromatic carbocycles. The molecule has 3 heteroatoms. The number of nitrogens with two attached hydrogens (primary N) is 1. The van der Waals surface area contributed by atoms with Gasteiger partial charge >= 0.3 is 0 Å². The number of rotatable bonds is 4. The molecular formula is C15H21NOS. The predicted octanol–water partition coefficient (Wildman–Crippen LogP) is 3.59. The highest BCUT2D eigenvalue weighted by molar-refractivity contribution is 7.80. The molecule has 0 atom stereocenters. The highest BCUT2D eigenvalue weighted by atomic mass is 32.1. The van der Waals surface area contributed by atoms with Crippen LogP contribution in [0.4, 0.5) is 0 Å². The van der Waals surface area contributed by atoms with Gasteiger partial charge in [0.15, 0.2) is 0 Å². The molecular weight excluding hydrogens is 242 g/mol. The average molecular weight is 263 g/mol. The Labute approximate surface area is 115 Å². The third-order valence-corrected chi connectivity index (χ3v) is 3.91. The zero-order valence-corrected chi connectivity index (χ0v) is 11.8. The maximum atomic E-state index is 5.95. The summed E-state index contributed by atoms with van der Waals surface area (Å²) in [6.45, 7) is 2.88. The van der Waals surface area contributed by atoms with Gasteiger partial charge in [0, 0.05) is 5.56 Å². The summed E-state index contributed by atoms with van der Waals surface area (Å²) in [5, 5.41) is 0. The van der Waals surface area contributed by atoms with Crippen LogP contribution in [0.5, 0.6) is 5.75 Å². The van der Waals surface area contributed by atoms with Crippen molar-refractivity contribution >= 4 is 17.2 Å². The summed E-state index contributed by atoms with van der Waals surface area (Å²) in [6.07, 6.45) is 6.68. The van der Waals surface area contributed by atoms with Gasteiger partial charge in [0.25, 0.3) is 0 Å². The summed E-state index contributed by atoms with van der Waals surface area (Å²) < 4.78 is 5.95. The first-order valence-corrected chi connectivity index (χ1v) is 7.11. The Morgan fingerprint density at radius 1 is 1.33 bits per heavy atom. The maximum absolute atomic E-state index is 5.95. The van der Waals surface area contributed by atoms with Crippen LogP contribution in [0.3, 0.4) is 0 Å². The van der Waals surface area contributed by atoms with E-state index in [1.54, 1.807) is 0 Å². The lowest BCUT2D eigenvalue weighted by atomic mass is 9.90. The SMILES string of the molecule is Cc1ccc(C(N)=S)cc1OCC1CCCCC1. The molecule has 0 spiro atoms. The van der Waals surface area contributed by atoms with Crippen molar-refractivity contribution in [1.29, 1.82) is 0 Å². The summed E-state index contributed by atoms with van der Waals surface area (Å²) >= 11 is 5.00. The van der Waals surface area contributed by atoms with E-state index in [2.05, 4.69) is 6.92 Å².